The number of benzene rings is 3. The van der Waals surface area contributed by atoms with Gasteiger partial charge < -0.3 is 10.5 Å². The zero-order chi connectivity index (χ0) is 28.5. The molecule has 0 bridgehead atoms. The first-order valence-corrected chi connectivity index (χ1v) is 17.1. The van der Waals surface area contributed by atoms with E-state index < -0.39 is 13.6 Å². The lowest BCUT2D eigenvalue weighted by atomic mass is 9.94. The Morgan fingerprint density at radius 2 is 1.69 bits per heavy atom. The normalized spacial score (nSPS) is 12.2. The molecule has 4 rings (SSSR count). The summed E-state index contributed by atoms with van der Waals surface area (Å²) >= 11 is 0. The molecular formula is C31H40N4O3Si. The van der Waals surface area contributed by atoms with Gasteiger partial charge in [0.2, 0.25) is 0 Å². The Bertz CT molecular complexity index is 1560. The van der Waals surface area contributed by atoms with Crippen molar-refractivity contribution in [1.29, 1.82) is 0 Å². The molecule has 0 unspecified atom stereocenters. The van der Waals surface area contributed by atoms with Gasteiger partial charge in [-0.15, -0.1) is 0 Å². The summed E-state index contributed by atoms with van der Waals surface area (Å²) in [5, 5.41) is 0. The second kappa shape index (κ2) is 11.0. The van der Waals surface area contributed by atoms with Crippen molar-refractivity contribution in [3.63, 3.8) is 0 Å². The predicted molar refractivity (Wildman–Crippen MR) is 163 cm³/mol. The molecule has 0 fully saturated rings. The summed E-state index contributed by atoms with van der Waals surface area (Å²) in [7, 11) is 0.471. The number of imidazole rings is 1. The highest BCUT2D eigenvalue weighted by molar-refractivity contribution is 6.76. The molecule has 4 aromatic rings. The third kappa shape index (κ3) is 6.24. The largest absolute Gasteiger partial charge is 0.361 e. The first-order valence-electron chi connectivity index (χ1n) is 13.3. The SMILES string of the molecule is Cc1ccc(N(COCC[Si](C)(C)C)C(=O)c2cccc(C(C)(C)N)c2)cc1-n1c(=O)n(C)c2ccccc21. The van der Waals surface area contributed by atoms with Crippen LogP contribution >= 0.6 is 0 Å². The number of hydrogen-bond acceptors (Lipinski definition) is 4. The summed E-state index contributed by atoms with van der Waals surface area (Å²) in [5.41, 5.74) is 11.0. The van der Waals surface area contributed by atoms with Gasteiger partial charge in [0, 0.05) is 38.5 Å². The molecule has 39 heavy (non-hydrogen) atoms. The Hall–Kier alpha value is -3.46. The fraction of sp³-hybridized carbons (Fsp3) is 0.355. The van der Waals surface area contributed by atoms with Crippen molar-refractivity contribution >= 4 is 30.7 Å². The molecule has 0 spiro atoms. The van der Waals surface area contributed by atoms with Crippen LogP contribution in [0.25, 0.3) is 16.7 Å². The minimum Gasteiger partial charge on any atom is -0.361 e. The van der Waals surface area contributed by atoms with Crippen LogP contribution in [0.1, 0.15) is 35.3 Å². The number of fused-ring (bicyclic) bond motifs is 1. The highest BCUT2D eigenvalue weighted by atomic mass is 28.3. The number of carbonyl (C=O) groups is 1. The van der Waals surface area contributed by atoms with Crippen LogP contribution in [-0.2, 0) is 17.3 Å². The van der Waals surface area contributed by atoms with Crippen LogP contribution < -0.4 is 16.3 Å². The maximum absolute atomic E-state index is 14.0. The van der Waals surface area contributed by atoms with Crippen molar-refractivity contribution in [3.8, 4) is 5.69 Å². The van der Waals surface area contributed by atoms with Crippen molar-refractivity contribution in [2.75, 3.05) is 18.2 Å². The Morgan fingerprint density at radius 3 is 2.36 bits per heavy atom. The van der Waals surface area contributed by atoms with E-state index in [9.17, 15) is 9.59 Å². The zero-order valence-corrected chi connectivity index (χ0v) is 25.1. The van der Waals surface area contributed by atoms with Crippen molar-refractivity contribution in [1.82, 2.24) is 9.13 Å². The average molecular weight is 545 g/mol. The lowest BCUT2D eigenvalue weighted by Gasteiger charge is -2.26. The topological polar surface area (TPSA) is 82.5 Å². The Kier molecular flexibility index (Phi) is 8.02. The minimum atomic E-state index is -1.30. The van der Waals surface area contributed by atoms with Gasteiger partial charge in [-0.25, -0.2) is 4.79 Å². The summed E-state index contributed by atoms with van der Waals surface area (Å²) in [6.45, 7) is 13.4. The van der Waals surface area contributed by atoms with Crippen molar-refractivity contribution in [2.24, 2.45) is 12.8 Å². The van der Waals surface area contributed by atoms with Gasteiger partial charge in [0.1, 0.15) is 6.73 Å². The first-order chi connectivity index (χ1) is 18.3. The van der Waals surface area contributed by atoms with E-state index in [1.807, 2.05) is 81.4 Å². The quantitative estimate of drug-likeness (QED) is 0.164. The van der Waals surface area contributed by atoms with Crippen molar-refractivity contribution < 1.29 is 9.53 Å². The van der Waals surface area contributed by atoms with Gasteiger partial charge in [0.15, 0.2) is 0 Å². The summed E-state index contributed by atoms with van der Waals surface area (Å²) in [5.74, 6) is -0.186. The standard InChI is InChI=1S/C31H40N4O3Si/c1-22-15-16-25(20-28(22)35-27-14-9-8-13-26(27)33(4)30(35)37)34(21-38-17-18-39(5,6)7)29(36)23-11-10-12-24(19-23)31(2,3)32/h8-16,19-20H,17-18,21,32H2,1-7H3. The zero-order valence-electron chi connectivity index (χ0n) is 24.1. The van der Waals surface area contributed by atoms with Gasteiger partial charge in [-0.2, -0.15) is 0 Å². The van der Waals surface area contributed by atoms with E-state index in [0.717, 1.165) is 33.9 Å². The Morgan fingerprint density at radius 1 is 1.00 bits per heavy atom. The number of aryl methyl sites for hydroxylation is 2. The van der Waals surface area contributed by atoms with Gasteiger partial charge in [-0.1, -0.05) is 50.0 Å². The van der Waals surface area contributed by atoms with Crippen LogP contribution in [0.5, 0.6) is 0 Å². The van der Waals surface area contributed by atoms with E-state index in [0.29, 0.717) is 17.9 Å². The van der Waals surface area contributed by atoms with Crippen LogP contribution in [-0.4, -0.2) is 36.5 Å². The number of nitrogens with zero attached hydrogens (tertiary/aromatic N) is 3. The molecule has 1 heterocycles. The fourth-order valence-corrected chi connectivity index (χ4v) is 5.28. The monoisotopic (exact) mass is 544 g/mol. The number of para-hydroxylation sites is 2. The highest BCUT2D eigenvalue weighted by Crippen LogP contribution is 2.27. The average Bonchev–Trinajstić information content (AvgIpc) is 3.13. The number of nitrogens with two attached hydrogens (primary N) is 1. The molecular weight excluding hydrogens is 504 g/mol. The second-order valence-electron chi connectivity index (χ2n) is 12.0. The molecule has 0 atom stereocenters. The summed E-state index contributed by atoms with van der Waals surface area (Å²) in [6, 6.07) is 21.9. The number of ether oxygens (including phenoxy) is 1. The molecule has 0 aliphatic carbocycles. The van der Waals surface area contributed by atoms with Gasteiger partial charge in [0.25, 0.3) is 5.91 Å². The molecule has 7 nitrogen and oxygen atoms in total. The van der Waals surface area contributed by atoms with Gasteiger partial charge in [0.05, 0.1) is 16.7 Å². The van der Waals surface area contributed by atoms with E-state index >= 15 is 0 Å². The van der Waals surface area contributed by atoms with E-state index in [2.05, 4.69) is 19.6 Å². The van der Waals surface area contributed by atoms with E-state index in [4.69, 9.17) is 10.5 Å². The number of anilines is 1. The van der Waals surface area contributed by atoms with Crippen LogP contribution in [0.3, 0.4) is 0 Å². The van der Waals surface area contributed by atoms with Gasteiger partial charge >= 0.3 is 5.69 Å². The molecule has 1 amide bonds. The highest BCUT2D eigenvalue weighted by Gasteiger charge is 2.23. The van der Waals surface area contributed by atoms with E-state index in [-0.39, 0.29) is 18.3 Å². The van der Waals surface area contributed by atoms with Crippen molar-refractivity contribution in [2.45, 2.75) is 52.0 Å². The smallest absolute Gasteiger partial charge is 0.333 e. The summed E-state index contributed by atoms with van der Waals surface area (Å²) in [4.78, 5) is 28.9. The molecule has 8 heteroatoms. The van der Waals surface area contributed by atoms with E-state index in [1.54, 1.807) is 27.1 Å². The Balaban J connectivity index is 1.79. The number of hydrogen-bond donors (Lipinski definition) is 1. The Labute approximate surface area is 231 Å². The van der Waals surface area contributed by atoms with Gasteiger partial charge in [-0.05, 0) is 74.3 Å². The molecule has 0 saturated carbocycles. The lowest BCUT2D eigenvalue weighted by Crippen LogP contribution is -2.35. The molecule has 0 aliphatic heterocycles. The van der Waals surface area contributed by atoms with Crippen LogP contribution in [0, 0.1) is 6.92 Å². The summed E-state index contributed by atoms with van der Waals surface area (Å²) < 4.78 is 9.43. The molecule has 2 N–H and O–H groups in total. The molecule has 206 valence electrons. The lowest BCUT2D eigenvalue weighted by molar-refractivity contribution is 0.0900. The number of amides is 1. The molecule has 1 aromatic heterocycles. The third-order valence-electron chi connectivity index (χ3n) is 7.02. The maximum atomic E-state index is 14.0. The van der Waals surface area contributed by atoms with Crippen LogP contribution in [0.2, 0.25) is 25.7 Å². The first kappa shape index (κ1) is 28.5. The fourth-order valence-electron chi connectivity index (χ4n) is 4.53. The molecule has 0 saturated heterocycles. The molecule has 3 aromatic carbocycles. The van der Waals surface area contributed by atoms with Crippen LogP contribution in [0.15, 0.2) is 71.5 Å². The molecule has 0 aliphatic rings. The number of carbonyl (C=O) groups excluding carboxylic acids is 1. The minimum absolute atomic E-state index is 0.104. The summed E-state index contributed by atoms with van der Waals surface area (Å²) in [6.07, 6.45) is 0. The third-order valence-corrected chi connectivity index (χ3v) is 8.73. The number of aromatic nitrogens is 2. The maximum Gasteiger partial charge on any atom is 0.333 e. The van der Waals surface area contributed by atoms with Crippen LogP contribution in [0.4, 0.5) is 5.69 Å². The van der Waals surface area contributed by atoms with E-state index in [1.165, 1.54) is 0 Å². The molecule has 0 radical (unpaired) electrons. The van der Waals surface area contributed by atoms with Crippen molar-refractivity contribution in [3.05, 3.63) is 93.9 Å². The predicted octanol–water partition coefficient (Wildman–Crippen LogP) is 5.79. The number of rotatable bonds is 9. The van der Waals surface area contributed by atoms with Gasteiger partial charge in [-0.3, -0.25) is 18.8 Å². The second-order valence-corrected chi connectivity index (χ2v) is 17.6.